The van der Waals surface area contributed by atoms with Gasteiger partial charge >= 0.3 is 18.2 Å². The van der Waals surface area contributed by atoms with E-state index >= 15 is 0 Å². The minimum absolute atomic E-state index is 0.0695. The van der Waals surface area contributed by atoms with Crippen molar-refractivity contribution < 1.29 is 36.9 Å². The van der Waals surface area contributed by atoms with Crippen LogP contribution in [0.3, 0.4) is 0 Å². The molecule has 0 N–H and O–H groups in total. The highest BCUT2D eigenvalue weighted by Crippen LogP contribution is 2.30. The van der Waals surface area contributed by atoms with Crippen molar-refractivity contribution in [3.63, 3.8) is 0 Å². The number of alkyl halides is 3. The van der Waals surface area contributed by atoms with Crippen LogP contribution in [0.1, 0.15) is 5.56 Å². The van der Waals surface area contributed by atoms with Gasteiger partial charge in [-0.15, -0.1) is 0 Å². The van der Waals surface area contributed by atoms with E-state index in [1.807, 2.05) is 0 Å². The number of hydrogen-bond acceptors (Lipinski definition) is 7. The molecular weight excluding hydrogens is 369 g/mol. The molecule has 1 aromatic carbocycles. The molecule has 0 atom stereocenters. The van der Waals surface area contributed by atoms with Crippen LogP contribution in [0, 0.1) is 0 Å². The lowest BCUT2D eigenvalue weighted by atomic mass is 10.1. The number of aromatic nitrogens is 2. The van der Waals surface area contributed by atoms with E-state index in [2.05, 4.69) is 14.7 Å². The van der Waals surface area contributed by atoms with Gasteiger partial charge in [0.05, 0.1) is 20.5 Å². The summed E-state index contributed by atoms with van der Waals surface area (Å²) in [6.07, 6.45) is -2.14. The van der Waals surface area contributed by atoms with Gasteiger partial charge in [0.15, 0.2) is 6.61 Å². The summed E-state index contributed by atoms with van der Waals surface area (Å²) in [6, 6.07) is 7.27. The van der Waals surface area contributed by atoms with Crippen LogP contribution in [0.2, 0.25) is 0 Å². The number of halogens is 3. The average Bonchev–Trinajstić information content (AvgIpc) is 2.64. The molecular formula is C17H15F3N2O5. The van der Waals surface area contributed by atoms with Gasteiger partial charge in [-0.3, -0.25) is 0 Å². The van der Waals surface area contributed by atoms with Crippen LogP contribution >= 0.6 is 0 Å². The summed E-state index contributed by atoms with van der Waals surface area (Å²) in [5.74, 6) is -0.814. The number of methoxy groups -OCH3 is 2. The number of carbonyl (C=O) groups is 1. The molecule has 0 bridgehead atoms. The molecule has 0 fully saturated rings. The van der Waals surface area contributed by atoms with Crippen molar-refractivity contribution >= 4 is 11.5 Å². The molecule has 1 heterocycles. The Morgan fingerprint density at radius 3 is 2.59 bits per heavy atom. The summed E-state index contributed by atoms with van der Waals surface area (Å²) in [6.45, 7) is -1.50. The Balaban J connectivity index is 2.28. The van der Waals surface area contributed by atoms with Gasteiger partial charge in [0.1, 0.15) is 11.3 Å². The van der Waals surface area contributed by atoms with Crippen molar-refractivity contribution in [1.29, 1.82) is 0 Å². The van der Waals surface area contributed by atoms with Gasteiger partial charge in [-0.2, -0.15) is 18.2 Å². The molecule has 144 valence electrons. The van der Waals surface area contributed by atoms with E-state index in [0.717, 1.165) is 6.07 Å². The summed E-state index contributed by atoms with van der Waals surface area (Å²) < 4.78 is 56.4. The van der Waals surface area contributed by atoms with Crippen LogP contribution in [0.4, 0.5) is 13.2 Å². The van der Waals surface area contributed by atoms with Crippen LogP contribution in [-0.2, 0) is 14.3 Å². The molecule has 0 spiro atoms. The second kappa shape index (κ2) is 8.88. The SMILES string of the molecule is CO/C=C(/C(=O)OC)c1ccccc1Oc1nccc(OCC(F)(F)F)n1. The smallest absolute Gasteiger partial charge is 0.422 e. The monoisotopic (exact) mass is 384 g/mol. The van der Waals surface area contributed by atoms with Crippen molar-refractivity contribution in [3.8, 4) is 17.6 Å². The molecule has 0 amide bonds. The second-order valence-corrected chi connectivity index (χ2v) is 4.94. The maximum atomic E-state index is 12.3. The topological polar surface area (TPSA) is 79.8 Å². The zero-order valence-corrected chi connectivity index (χ0v) is 14.3. The van der Waals surface area contributed by atoms with E-state index in [9.17, 15) is 18.0 Å². The standard InChI is InChI=1S/C17H15F3N2O5/c1-24-9-12(15(23)25-2)11-5-3-4-6-13(11)27-16-21-8-7-14(22-16)26-10-17(18,19)20/h3-9H,10H2,1-2H3/b12-9+. The largest absolute Gasteiger partial charge is 0.503 e. The Morgan fingerprint density at radius 2 is 1.93 bits per heavy atom. The first-order valence-electron chi connectivity index (χ1n) is 7.45. The van der Waals surface area contributed by atoms with E-state index in [1.165, 1.54) is 32.7 Å². The molecule has 0 radical (unpaired) electrons. The number of para-hydroxylation sites is 1. The first-order chi connectivity index (χ1) is 12.8. The quantitative estimate of drug-likeness (QED) is 0.411. The fourth-order valence-corrected chi connectivity index (χ4v) is 1.94. The van der Waals surface area contributed by atoms with Gasteiger partial charge in [-0.25, -0.2) is 9.78 Å². The summed E-state index contributed by atoms with van der Waals surface area (Å²) in [4.78, 5) is 19.5. The zero-order chi connectivity index (χ0) is 19.9. The lowest BCUT2D eigenvalue weighted by Crippen LogP contribution is -2.19. The van der Waals surface area contributed by atoms with Gasteiger partial charge in [-0.1, -0.05) is 18.2 Å². The Bertz CT molecular complexity index is 824. The Morgan fingerprint density at radius 1 is 1.19 bits per heavy atom. The van der Waals surface area contributed by atoms with Crippen LogP contribution in [0.15, 0.2) is 42.8 Å². The highest BCUT2D eigenvalue weighted by atomic mass is 19.4. The van der Waals surface area contributed by atoms with Crippen LogP contribution < -0.4 is 9.47 Å². The van der Waals surface area contributed by atoms with Crippen molar-refractivity contribution in [2.75, 3.05) is 20.8 Å². The van der Waals surface area contributed by atoms with E-state index in [1.54, 1.807) is 18.2 Å². The lowest BCUT2D eigenvalue weighted by Gasteiger charge is -2.12. The first-order valence-corrected chi connectivity index (χ1v) is 7.45. The van der Waals surface area contributed by atoms with Gasteiger partial charge in [-0.05, 0) is 6.07 Å². The fourth-order valence-electron chi connectivity index (χ4n) is 1.94. The highest BCUT2D eigenvalue weighted by molar-refractivity contribution is 6.17. The predicted octanol–water partition coefficient (Wildman–Crippen LogP) is 3.37. The van der Waals surface area contributed by atoms with E-state index < -0.39 is 18.8 Å². The summed E-state index contributed by atoms with van der Waals surface area (Å²) >= 11 is 0. The van der Waals surface area contributed by atoms with Gasteiger partial charge in [0.25, 0.3) is 0 Å². The highest BCUT2D eigenvalue weighted by Gasteiger charge is 2.28. The van der Waals surface area contributed by atoms with Gasteiger partial charge in [0, 0.05) is 17.8 Å². The number of esters is 1. The van der Waals surface area contributed by atoms with E-state index in [4.69, 9.17) is 14.2 Å². The molecule has 0 saturated carbocycles. The maximum Gasteiger partial charge on any atom is 0.422 e. The third-order valence-corrected chi connectivity index (χ3v) is 3.01. The molecule has 27 heavy (non-hydrogen) atoms. The van der Waals surface area contributed by atoms with Crippen LogP contribution in [0.25, 0.3) is 5.57 Å². The van der Waals surface area contributed by atoms with Gasteiger partial charge < -0.3 is 18.9 Å². The molecule has 10 heteroatoms. The minimum atomic E-state index is -4.50. The first kappa shape index (κ1) is 20.0. The molecule has 7 nitrogen and oxygen atoms in total. The molecule has 0 aliphatic heterocycles. The van der Waals surface area contributed by atoms with Crippen molar-refractivity contribution in [3.05, 3.63) is 48.4 Å². The van der Waals surface area contributed by atoms with Crippen LogP contribution in [0.5, 0.6) is 17.6 Å². The summed E-state index contributed by atoms with van der Waals surface area (Å²) in [5.41, 5.74) is 0.386. The third-order valence-electron chi connectivity index (χ3n) is 3.01. The number of benzene rings is 1. The summed E-state index contributed by atoms with van der Waals surface area (Å²) in [7, 11) is 2.57. The maximum absolute atomic E-state index is 12.3. The molecule has 0 aliphatic rings. The van der Waals surface area contributed by atoms with Crippen molar-refractivity contribution in [1.82, 2.24) is 9.97 Å². The second-order valence-electron chi connectivity index (χ2n) is 4.94. The van der Waals surface area contributed by atoms with Gasteiger partial charge in [0.2, 0.25) is 5.88 Å². The van der Waals surface area contributed by atoms with Crippen molar-refractivity contribution in [2.45, 2.75) is 6.18 Å². The lowest BCUT2D eigenvalue weighted by molar-refractivity contribution is -0.154. The Labute approximate surface area is 152 Å². The average molecular weight is 384 g/mol. The Kier molecular flexibility index (Phi) is 6.58. The molecule has 2 aromatic rings. The van der Waals surface area contributed by atoms with Crippen LogP contribution in [-0.4, -0.2) is 42.9 Å². The number of hydrogen-bond donors (Lipinski definition) is 0. The fraction of sp³-hybridized carbons (Fsp3) is 0.235. The normalized spacial score (nSPS) is 11.7. The number of nitrogens with zero attached hydrogens (tertiary/aromatic N) is 2. The third kappa shape index (κ3) is 5.87. The number of rotatable bonds is 7. The predicted molar refractivity (Wildman–Crippen MR) is 87.1 cm³/mol. The summed E-state index contributed by atoms with van der Waals surface area (Å²) in [5, 5.41) is 0. The van der Waals surface area contributed by atoms with E-state index in [-0.39, 0.29) is 23.2 Å². The number of carbonyl (C=O) groups excluding carboxylic acids is 1. The molecule has 2 rings (SSSR count). The Hall–Kier alpha value is -3.30. The van der Waals surface area contributed by atoms with Crippen molar-refractivity contribution in [2.24, 2.45) is 0 Å². The number of ether oxygens (including phenoxy) is 4. The zero-order valence-electron chi connectivity index (χ0n) is 14.3. The minimum Gasteiger partial charge on any atom is -0.503 e. The molecule has 1 aromatic heterocycles. The van der Waals surface area contributed by atoms with E-state index in [0.29, 0.717) is 5.56 Å². The molecule has 0 saturated heterocycles. The molecule has 0 unspecified atom stereocenters. The molecule has 0 aliphatic carbocycles.